The zero-order chi connectivity index (χ0) is 28.3. The quantitative estimate of drug-likeness (QED) is 0.297. The Kier molecular flexibility index (Phi) is 7.74. The molecule has 1 aliphatic carbocycles. The second-order valence-electron chi connectivity index (χ2n) is 10.7. The lowest BCUT2D eigenvalue weighted by Crippen LogP contribution is -2.43. The minimum atomic E-state index is -0.0890. The molecule has 42 heavy (non-hydrogen) atoms. The second kappa shape index (κ2) is 12.1. The van der Waals surface area contributed by atoms with E-state index in [1.54, 1.807) is 4.90 Å². The van der Waals surface area contributed by atoms with Crippen LogP contribution in [-0.4, -0.2) is 73.5 Å². The predicted molar refractivity (Wildman–Crippen MR) is 167 cm³/mol. The molecular weight excluding hydrogens is 548 g/mol. The van der Waals surface area contributed by atoms with E-state index in [0.29, 0.717) is 32.3 Å². The molecule has 0 bridgehead atoms. The molecule has 3 aliphatic rings. The highest BCUT2D eigenvalue weighted by Gasteiger charge is 2.25. The number of rotatable bonds is 6. The molecule has 9 nitrogen and oxygen atoms in total. The number of urea groups is 1. The smallest absolute Gasteiger partial charge is 0.321 e. The molecule has 2 aromatic heterocycles. The van der Waals surface area contributed by atoms with Crippen molar-refractivity contribution in [1.82, 2.24) is 14.9 Å². The summed E-state index contributed by atoms with van der Waals surface area (Å²) < 4.78 is 10.9. The third-order valence-corrected chi connectivity index (χ3v) is 9.35. The van der Waals surface area contributed by atoms with Crippen LogP contribution in [0, 0.1) is 0 Å². The predicted octanol–water partition coefficient (Wildman–Crippen LogP) is 5.81. The molecule has 4 heterocycles. The summed E-state index contributed by atoms with van der Waals surface area (Å²) in [5.74, 6) is 0.571. The maximum atomic E-state index is 12.8. The van der Waals surface area contributed by atoms with Crippen LogP contribution in [0.5, 0.6) is 0 Å². The number of ether oxygens (including phenoxy) is 2. The van der Waals surface area contributed by atoms with E-state index in [4.69, 9.17) is 14.5 Å². The van der Waals surface area contributed by atoms with Gasteiger partial charge in [0.15, 0.2) is 0 Å². The van der Waals surface area contributed by atoms with Crippen LogP contribution in [-0.2, 0) is 22.3 Å². The maximum absolute atomic E-state index is 12.8. The Hall–Kier alpha value is -3.99. The van der Waals surface area contributed by atoms with Gasteiger partial charge in [0.2, 0.25) is 5.95 Å². The van der Waals surface area contributed by atoms with E-state index in [2.05, 4.69) is 56.9 Å². The number of amides is 2. The van der Waals surface area contributed by atoms with Crippen molar-refractivity contribution in [2.75, 3.05) is 68.1 Å². The van der Waals surface area contributed by atoms with Gasteiger partial charge < -0.3 is 29.9 Å². The molecule has 2 amide bonds. The van der Waals surface area contributed by atoms with Gasteiger partial charge in [-0.3, -0.25) is 0 Å². The number of anilines is 4. The molecule has 216 valence electrons. The average molecular weight is 583 g/mol. The third-order valence-electron chi connectivity index (χ3n) is 8.01. The number of thiophene rings is 1. The van der Waals surface area contributed by atoms with Crippen molar-refractivity contribution in [2.45, 2.75) is 19.3 Å². The fraction of sp³-hybridized carbons (Fsp3) is 0.344. The number of hydrogen-bond acceptors (Lipinski definition) is 8. The van der Waals surface area contributed by atoms with Gasteiger partial charge in [0.05, 0.1) is 32.1 Å². The van der Waals surface area contributed by atoms with Crippen LogP contribution in [0.1, 0.15) is 16.9 Å². The zero-order valence-corrected chi connectivity index (χ0v) is 24.3. The number of fused-ring (bicyclic) bond motifs is 1. The topological polar surface area (TPSA) is 91.9 Å². The SMILES string of the molecule is O=C(Nc1cccc(-c2sc3c(c2-c2ccnc(Nc4ccc(N5CCOCC5)cc4)n2)CCC3)c1)N1CCOCC1. The maximum Gasteiger partial charge on any atom is 0.321 e. The Morgan fingerprint density at radius 1 is 0.881 bits per heavy atom. The minimum absolute atomic E-state index is 0.0890. The number of carbonyl (C=O) groups excluding carboxylic acids is 1. The van der Waals surface area contributed by atoms with E-state index in [0.717, 1.165) is 68.2 Å². The van der Waals surface area contributed by atoms with E-state index in [9.17, 15) is 4.79 Å². The molecule has 2 aliphatic heterocycles. The van der Waals surface area contributed by atoms with Crippen molar-refractivity contribution in [1.29, 1.82) is 0 Å². The van der Waals surface area contributed by atoms with Crippen LogP contribution < -0.4 is 15.5 Å². The first-order valence-corrected chi connectivity index (χ1v) is 15.4. The number of morpholine rings is 2. The lowest BCUT2D eigenvalue weighted by Gasteiger charge is -2.28. The Bertz CT molecular complexity index is 1560. The molecule has 0 unspecified atom stereocenters. The largest absolute Gasteiger partial charge is 0.378 e. The van der Waals surface area contributed by atoms with Crippen LogP contribution in [0.2, 0.25) is 0 Å². The number of aromatic nitrogens is 2. The highest BCUT2D eigenvalue weighted by atomic mass is 32.1. The lowest BCUT2D eigenvalue weighted by atomic mass is 10.0. The Morgan fingerprint density at radius 3 is 2.48 bits per heavy atom. The fourth-order valence-electron chi connectivity index (χ4n) is 5.85. The van der Waals surface area contributed by atoms with Crippen molar-refractivity contribution in [3.05, 3.63) is 71.2 Å². The van der Waals surface area contributed by atoms with Gasteiger partial charge in [-0.25, -0.2) is 14.8 Å². The Morgan fingerprint density at radius 2 is 1.67 bits per heavy atom. The van der Waals surface area contributed by atoms with Crippen LogP contribution in [0.15, 0.2) is 60.8 Å². The summed E-state index contributed by atoms with van der Waals surface area (Å²) in [4.78, 5) is 29.1. The molecule has 10 heteroatoms. The van der Waals surface area contributed by atoms with E-state index < -0.39 is 0 Å². The summed E-state index contributed by atoms with van der Waals surface area (Å²) in [5.41, 5.74) is 7.48. The van der Waals surface area contributed by atoms with Gasteiger partial charge in [-0.05, 0) is 72.9 Å². The van der Waals surface area contributed by atoms with Gasteiger partial charge in [0.1, 0.15) is 0 Å². The summed E-state index contributed by atoms with van der Waals surface area (Å²) in [6.45, 7) is 5.72. The number of aryl methyl sites for hydroxylation is 1. The van der Waals surface area contributed by atoms with Crippen LogP contribution in [0.25, 0.3) is 21.7 Å². The summed E-state index contributed by atoms with van der Waals surface area (Å²) in [6, 6.07) is 18.5. The van der Waals surface area contributed by atoms with E-state index in [1.807, 2.05) is 35.7 Å². The second-order valence-corrected chi connectivity index (χ2v) is 11.8. The van der Waals surface area contributed by atoms with Crippen molar-refractivity contribution in [2.24, 2.45) is 0 Å². The monoisotopic (exact) mass is 582 g/mol. The zero-order valence-electron chi connectivity index (χ0n) is 23.5. The lowest BCUT2D eigenvalue weighted by molar-refractivity contribution is 0.0564. The highest BCUT2D eigenvalue weighted by molar-refractivity contribution is 7.16. The van der Waals surface area contributed by atoms with Crippen LogP contribution >= 0.6 is 11.3 Å². The van der Waals surface area contributed by atoms with E-state index >= 15 is 0 Å². The summed E-state index contributed by atoms with van der Waals surface area (Å²) in [7, 11) is 0. The molecule has 2 fully saturated rings. The number of nitrogens with one attached hydrogen (secondary N) is 2. The van der Waals surface area contributed by atoms with Gasteiger partial charge in [-0.1, -0.05) is 12.1 Å². The number of carbonyl (C=O) groups is 1. The third kappa shape index (κ3) is 5.70. The van der Waals surface area contributed by atoms with Gasteiger partial charge in [0, 0.05) is 64.8 Å². The fourth-order valence-corrected chi connectivity index (χ4v) is 7.24. The number of nitrogens with zero attached hydrogens (tertiary/aromatic N) is 4. The van der Waals surface area contributed by atoms with Crippen molar-refractivity contribution in [3.63, 3.8) is 0 Å². The van der Waals surface area contributed by atoms with E-state index in [1.165, 1.54) is 26.6 Å². The molecule has 2 aromatic carbocycles. The number of benzene rings is 2. The molecule has 0 radical (unpaired) electrons. The normalized spacial score (nSPS) is 16.8. The molecule has 0 atom stereocenters. The van der Waals surface area contributed by atoms with Crippen molar-refractivity contribution < 1.29 is 14.3 Å². The van der Waals surface area contributed by atoms with Crippen LogP contribution in [0.4, 0.5) is 27.8 Å². The van der Waals surface area contributed by atoms with Gasteiger partial charge >= 0.3 is 6.03 Å². The summed E-state index contributed by atoms with van der Waals surface area (Å²) in [5, 5.41) is 6.48. The first-order valence-electron chi connectivity index (χ1n) is 14.6. The van der Waals surface area contributed by atoms with Crippen molar-refractivity contribution >= 4 is 40.4 Å². The summed E-state index contributed by atoms with van der Waals surface area (Å²) in [6.07, 6.45) is 5.13. The molecule has 0 spiro atoms. The Labute approximate surface area is 249 Å². The first-order chi connectivity index (χ1) is 20.7. The molecule has 2 saturated heterocycles. The van der Waals surface area contributed by atoms with Gasteiger partial charge in [-0.2, -0.15) is 0 Å². The molecule has 4 aromatic rings. The number of hydrogen-bond donors (Lipinski definition) is 2. The van der Waals surface area contributed by atoms with Crippen molar-refractivity contribution in [3.8, 4) is 21.7 Å². The average Bonchev–Trinajstić information content (AvgIpc) is 3.65. The molecular formula is C32H34N6O3S. The van der Waals surface area contributed by atoms with Crippen LogP contribution in [0.3, 0.4) is 0 Å². The van der Waals surface area contributed by atoms with E-state index in [-0.39, 0.29) is 6.03 Å². The molecule has 7 rings (SSSR count). The minimum Gasteiger partial charge on any atom is -0.378 e. The molecule has 2 N–H and O–H groups in total. The first kappa shape index (κ1) is 26.9. The van der Waals surface area contributed by atoms with Gasteiger partial charge in [0.25, 0.3) is 0 Å². The highest BCUT2D eigenvalue weighted by Crippen LogP contribution is 2.46. The summed E-state index contributed by atoms with van der Waals surface area (Å²) >= 11 is 1.84. The standard InChI is InChI=1S/C32H34N6O3S/c39-32(38-15-19-41-20-16-38)35-24-4-1-3-22(21-24)30-29(26-5-2-6-28(26)42-30)27-11-12-33-31(36-27)34-23-7-9-25(10-8-23)37-13-17-40-18-14-37/h1,3-4,7-12,21H,2,5-6,13-20H2,(H,35,39)(H,33,34,36). The molecule has 0 saturated carbocycles. The van der Waals surface area contributed by atoms with Gasteiger partial charge in [-0.15, -0.1) is 11.3 Å². The Balaban J connectivity index is 1.14.